The average molecular weight is 361 g/mol. The van der Waals surface area contributed by atoms with Crippen LogP contribution in [0.15, 0.2) is 97.1 Å². The van der Waals surface area contributed by atoms with Gasteiger partial charge in [-0.2, -0.15) is 0 Å². The van der Waals surface area contributed by atoms with E-state index in [1.54, 1.807) is 0 Å². The van der Waals surface area contributed by atoms with Crippen molar-refractivity contribution in [1.82, 2.24) is 0 Å². The lowest BCUT2D eigenvalue weighted by Gasteiger charge is -2.42. The van der Waals surface area contributed by atoms with Crippen molar-refractivity contribution in [3.05, 3.63) is 136 Å². The summed E-state index contributed by atoms with van der Waals surface area (Å²) in [5, 5.41) is 0. The Morgan fingerprint density at radius 1 is 0.607 bits per heavy atom. The first-order chi connectivity index (χ1) is 13.7. The number of benzene rings is 4. The lowest BCUT2D eigenvalue weighted by Crippen LogP contribution is -2.36. The first kappa shape index (κ1) is 16.8. The molecular formula is C27H23N. The van der Waals surface area contributed by atoms with E-state index in [1.165, 1.54) is 38.9 Å². The summed E-state index contributed by atoms with van der Waals surface area (Å²) in [6.07, 6.45) is 0.967. The summed E-state index contributed by atoms with van der Waals surface area (Å²) in [5.41, 5.74) is 15.8. The molecule has 0 saturated carbocycles. The van der Waals surface area contributed by atoms with Gasteiger partial charge in [-0.15, -0.1) is 0 Å². The van der Waals surface area contributed by atoms with Crippen LogP contribution in [-0.2, 0) is 11.8 Å². The van der Waals surface area contributed by atoms with Crippen molar-refractivity contribution in [2.75, 3.05) is 5.73 Å². The summed E-state index contributed by atoms with van der Waals surface area (Å²) in [6.45, 7) is 2.14. The fourth-order valence-electron chi connectivity index (χ4n) is 4.76. The zero-order chi connectivity index (χ0) is 19.1. The van der Waals surface area contributed by atoms with E-state index in [-0.39, 0.29) is 5.41 Å². The molecule has 5 rings (SSSR count). The second kappa shape index (κ2) is 6.38. The van der Waals surface area contributed by atoms with Crippen LogP contribution in [0.25, 0.3) is 0 Å². The Bertz CT molecular complexity index is 1040. The van der Waals surface area contributed by atoms with Crippen molar-refractivity contribution < 1.29 is 0 Å². The van der Waals surface area contributed by atoms with E-state index in [9.17, 15) is 0 Å². The van der Waals surface area contributed by atoms with Crippen molar-refractivity contribution in [2.45, 2.75) is 18.8 Å². The molecule has 0 radical (unpaired) electrons. The molecule has 0 spiro atoms. The lowest BCUT2D eigenvalue weighted by atomic mass is 9.59. The number of anilines is 1. The quantitative estimate of drug-likeness (QED) is 0.391. The molecule has 0 aromatic heterocycles. The Hall–Kier alpha value is -3.32. The number of rotatable bonds is 2. The summed E-state index contributed by atoms with van der Waals surface area (Å²) >= 11 is 0. The Morgan fingerprint density at radius 2 is 1.07 bits per heavy atom. The molecule has 4 aromatic rings. The molecule has 0 atom stereocenters. The van der Waals surface area contributed by atoms with Gasteiger partial charge in [0.2, 0.25) is 0 Å². The van der Waals surface area contributed by atoms with Crippen LogP contribution in [0.4, 0.5) is 5.69 Å². The standard InChI is InChI=1S/C27H23N/c1-19-10-12-22(13-11-19)27(23-14-16-24(28)17-15-23)25-8-4-2-6-20(25)18-21-7-3-5-9-26(21)27/h2-17H,18,28H2,1H3. The fraction of sp³-hybridized carbons (Fsp3) is 0.111. The Labute approximate surface area is 166 Å². The van der Waals surface area contributed by atoms with Crippen molar-refractivity contribution >= 4 is 5.69 Å². The van der Waals surface area contributed by atoms with E-state index < -0.39 is 0 Å². The molecule has 136 valence electrons. The van der Waals surface area contributed by atoms with Crippen LogP contribution in [-0.4, -0.2) is 0 Å². The molecule has 0 amide bonds. The first-order valence-corrected chi connectivity index (χ1v) is 9.79. The van der Waals surface area contributed by atoms with Gasteiger partial charge in [-0.25, -0.2) is 0 Å². The summed E-state index contributed by atoms with van der Waals surface area (Å²) < 4.78 is 0. The van der Waals surface area contributed by atoms with E-state index in [1.807, 2.05) is 12.1 Å². The number of fused-ring (bicyclic) bond motifs is 2. The van der Waals surface area contributed by atoms with Crippen LogP contribution >= 0.6 is 0 Å². The second-order valence-corrected chi connectivity index (χ2v) is 7.73. The van der Waals surface area contributed by atoms with Gasteiger partial charge in [-0.05, 0) is 58.9 Å². The van der Waals surface area contributed by atoms with Gasteiger partial charge >= 0.3 is 0 Å². The third-order valence-electron chi connectivity index (χ3n) is 6.05. The van der Waals surface area contributed by atoms with Crippen molar-refractivity contribution in [3.63, 3.8) is 0 Å². The molecule has 0 saturated heterocycles. The highest BCUT2D eigenvalue weighted by atomic mass is 14.5. The molecule has 0 bridgehead atoms. The largest absolute Gasteiger partial charge is 0.399 e. The average Bonchev–Trinajstić information content (AvgIpc) is 2.73. The molecule has 0 heterocycles. The highest BCUT2D eigenvalue weighted by Crippen LogP contribution is 2.50. The van der Waals surface area contributed by atoms with Gasteiger partial charge in [0.1, 0.15) is 0 Å². The Kier molecular flexibility index (Phi) is 3.84. The van der Waals surface area contributed by atoms with Crippen molar-refractivity contribution in [2.24, 2.45) is 0 Å². The summed E-state index contributed by atoms with van der Waals surface area (Å²) in [7, 11) is 0. The molecule has 1 aliphatic carbocycles. The zero-order valence-electron chi connectivity index (χ0n) is 16.0. The lowest BCUT2D eigenvalue weighted by molar-refractivity contribution is 0.703. The molecular weight excluding hydrogens is 338 g/mol. The molecule has 0 unspecified atom stereocenters. The third-order valence-corrected chi connectivity index (χ3v) is 6.05. The van der Waals surface area contributed by atoms with Crippen molar-refractivity contribution in [3.8, 4) is 0 Å². The summed E-state index contributed by atoms with van der Waals surface area (Å²) in [6, 6.07) is 35.2. The van der Waals surface area contributed by atoms with Gasteiger partial charge in [0, 0.05) is 5.69 Å². The Balaban J connectivity index is 1.94. The predicted molar refractivity (Wildman–Crippen MR) is 117 cm³/mol. The maximum Gasteiger partial charge on any atom is 0.0707 e. The fourth-order valence-corrected chi connectivity index (χ4v) is 4.76. The molecule has 28 heavy (non-hydrogen) atoms. The van der Waals surface area contributed by atoms with Gasteiger partial charge in [-0.1, -0.05) is 90.5 Å². The van der Waals surface area contributed by atoms with Gasteiger partial charge in [0.15, 0.2) is 0 Å². The van der Waals surface area contributed by atoms with E-state index in [4.69, 9.17) is 5.73 Å². The maximum atomic E-state index is 6.05. The third kappa shape index (κ3) is 2.40. The number of nitrogen functional groups attached to an aromatic ring is 1. The minimum atomic E-state index is -0.340. The SMILES string of the molecule is Cc1ccc(C2(c3ccc(N)cc3)c3ccccc3Cc3ccccc32)cc1. The molecule has 2 N–H and O–H groups in total. The zero-order valence-corrected chi connectivity index (χ0v) is 16.0. The monoisotopic (exact) mass is 361 g/mol. The van der Waals surface area contributed by atoms with Gasteiger partial charge in [0.05, 0.1) is 5.41 Å². The van der Waals surface area contributed by atoms with Crippen LogP contribution in [0.1, 0.15) is 38.9 Å². The van der Waals surface area contributed by atoms with Crippen LogP contribution < -0.4 is 5.73 Å². The molecule has 1 nitrogen and oxygen atoms in total. The van der Waals surface area contributed by atoms with Gasteiger partial charge < -0.3 is 5.73 Å². The topological polar surface area (TPSA) is 26.0 Å². The minimum absolute atomic E-state index is 0.340. The number of hydrogen-bond acceptors (Lipinski definition) is 1. The molecule has 1 aliphatic rings. The second-order valence-electron chi connectivity index (χ2n) is 7.73. The number of nitrogens with two attached hydrogens (primary N) is 1. The number of hydrogen-bond donors (Lipinski definition) is 1. The van der Waals surface area contributed by atoms with Gasteiger partial charge in [-0.3, -0.25) is 0 Å². The van der Waals surface area contributed by atoms with E-state index in [0.29, 0.717) is 0 Å². The smallest absolute Gasteiger partial charge is 0.0707 e. The molecule has 0 fully saturated rings. The highest BCUT2D eigenvalue weighted by Gasteiger charge is 2.43. The molecule has 0 aliphatic heterocycles. The van der Waals surface area contributed by atoms with Crippen LogP contribution in [0.5, 0.6) is 0 Å². The summed E-state index contributed by atoms with van der Waals surface area (Å²) in [4.78, 5) is 0. The first-order valence-electron chi connectivity index (χ1n) is 9.79. The Morgan fingerprint density at radius 3 is 1.61 bits per heavy atom. The van der Waals surface area contributed by atoms with Crippen molar-refractivity contribution in [1.29, 1.82) is 0 Å². The normalized spacial score (nSPS) is 14.2. The van der Waals surface area contributed by atoms with E-state index >= 15 is 0 Å². The van der Waals surface area contributed by atoms with E-state index in [2.05, 4.69) is 91.9 Å². The minimum Gasteiger partial charge on any atom is -0.399 e. The predicted octanol–water partition coefficient (Wildman–Crippen LogP) is 5.86. The summed E-state index contributed by atoms with van der Waals surface area (Å²) in [5.74, 6) is 0. The van der Waals surface area contributed by atoms with Gasteiger partial charge in [0.25, 0.3) is 0 Å². The number of aryl methyl sites for hydroxylation is 1. The molecule has 4 aromatic carbocycles. The van der Waals surface area contributed by atoms with Crippen LogP contribution in [0, 0.1) is 6.92 Å². The van der Waals surface area contributed by atoms with Crippen LogP contribution in [0.3, 0.4) is 0 Å². The highest BCUT2D eigenvalue weighted by molar-refractivity contribution is 5.67. The van der Waals surface area contributed by atoms with Crippen LogP contribution in [0.2, 0.25) is 0 Å². The molecule has 1 heteroatoms. The van der Waals surface area contributed by atoms with E-state index in [0.717, 1.165) is 12.1 Å². The maximum absolute atomic E-state index is 6.05.